The van der Waals surface area contributed by atoms with Crippen molar-refractivity contribution in [1.82, 2.24) is 24.3 Å². The number of para-hydroxylation sites is 2. The number of alkyl halides is 3. The van der Waals surface area contributed by atoms with Gasteiger partial charge in [0, 0.05) is 0 Å². The molecule has 0 atom stereocenters. The predicted molar refractivity (Wildman–Crippen MR) is 101 cm³/mol. The van der Waals surface area contributed by atoms with E-state index in [1.165, 1.54) is 28.0 Å². The van der Waals surface area contributed by atoms with Crippen LogP contribution in [0.4, 0.5) is 18.9 Å². The lowest BCUT2D eigenvalue weighted by Crippen LogP contribution is -2.28. The number of fused-ring (bicyclic) bond motifs is 1. The van der Waals surface area contributed by atoms with E-state index in [9.17, 15) is 22.8 Å². The van der Waals surface area contributed by atoms with Gasteiger partial charge < -0.3 is 5.32 Å². The SMILES string of the molecule is O=C(Cn1c(=O)cnc2ccccc21)Nc1cc(C(F)(F)F)ccc1-n1cncn1. The molecule has 8 nitrogen and oxygen atoms in total. The Morgan fingerprint density at radius 1 is 1.13 bits per heavy atom. The second-order valence-corrected chi connectivity index (χ2v) is 6.29. The number of benzene rings is 2. The molecule has 1 N–H and O–H groups in total. The van der Waals surface area contributed by atoms with E-state index in [0.29, 0.717) is 11.0 Å². The van der Waals surface area contributed by atoms with Crippen LogP contribution >= 0.6 is 0 Å². The molecule has 0 spiro atoms. The van der Waals surface area contributed by atoms with Gasteiger partial charge in [0.05, 0.1) is 34.2 Å². The van der Waals surface area contributed by atoms with Gasteiger partial charge in [-0.3, -0.25) is 14.2 Å². The molecule has 4 aromatic rings. The molecule has 2 aromatic carbocycles. The number of hydrogen-bond acceptors (Lipinski definition) is 5. The third-order valence-electron chi connectivity index (χ3n) is 4.32. The first-order chi connectivity index (χ1) is 14.3. The molecule has 11 heteroatoms. The number of halogens is 3. The van der Waals surface area contributed by atoms with Crippen molar-refractivity contribution in [2.45, 2.75) is 12.7 Å². The molecule has 0 saturated carbocycles. The summed E-state index contributed by atoms with van der Waals surface area (Å²) in [5.74, 6) is -0.686. The first-order valence-corrected chi connectivity index (χ1v) is 8.63. The molecule has 0 bridgehead atoms. The molecule has 2 aromatic heterocycles. The van der Waals surface area contributed by atoms with Crippen LogP contribution in [0, 0.1) is 0 Å². The molecule has 0 radical (unpaired) electrons. The van der Waals surface area contributed by atoms with E-state index < -0.39 is 29.8 Å². The lowest BCUT2D eigenvalue weighted by molar-refractivity contribution is -0.137. The van der Waals surface area contributed by atoms with Gasteiger partial charge in [0.15, 0.2) is 0 Å². The minimum Gasteiger partial charge on any atom is -0.323 e. The highest BCUT2D eigenvalue weighted by Crippen LogP contribution is 2.33. The minimum atomic E-state index is -4.60. The number of hydrogen-bond donors (Lipinski definition) is 1. The summed E-state index contributed by atoms with van der Waals surface area (Å²) in [5.41, 5.74) is -0.432. The van der Waals surface area contributed by atoms with Crippen LogP contribution in [0.2, 0.25) is 0 Å². The Bertz CT molecular complexity index is 1280. The second kappa shape index (κ2) is 7.43. The Labute approximate surface area is 166 Å². The maximum Gasteiger partial charge on any atom is 0.416 e. The van der Waals surface area contributed by atoms with Gasteiger partial charge in [0.25, 0.3) is 5.56 Å². The fourth-order valence-corrected chi connectivity index (χ4v) is 2.96. The van der Waals surface area contributed by atoms with E-state index in [4.69, 9.17) is 0 Å². The number of aromatic nitrogens is 5. The highest BCUT2D eigenvalue weighted by molar-refractivity contribution is 5.93. The van der Waals surface area contributed by atoms with Crippen molar-refractivity contribution in [3.63, 3.8) is 0 Å². The average Bonchev–Trinajstić information content (AvgIpc) is 3.24. The van der Waals surface area contributed by atoms with E-state index in [0.717, 1.165) is 18.3 Å². The Balaban J connectivity index is 1.70. The molecule has 0 fully saturated rings. The van der Waals surface area contributed by atoms with Gasteiger partial charge in [-0.2, -0.15) is 18.3 Å². The number of anilines is 1. The van der Waals surface area contributed by atoms with Gasteiger partial charge in [-0.1, -0.05) is 12.1 Å². The normalized spacial score (nSPS) is 11.6. The number of nitrogens with one attached hydrogen (secondary N) is 1. The molecule has 4 rings (SSSR count). The van der Waals surface area contributed by atoms with Crippen molar-refractivity contribution in [3.05, 3.63) is 77.2 Å². The van der Waals surface area contributed by atoms with Crippen LogP contribution in [-0.2, 0) is 17.5 Å². The third kappa shape index (κ3) is 3.77. The summed E-state index contributed by atoms with van der Waals surface area (Å²) in [6.07, 6.45) is -1.01. The zero-order chi connectivity index (χ0) is 21.3. The van der Waals surface area contributed by atoms with Crippen LogP contribution in [-0.4, -0.2) is 30.2 Å². The van der Waals surface area contributed by atoms with Crippen molar-refractivity contribution in [3.8, 4) is 5.69 Å². The van der Waals surface area contributed by atoms with Gasteiger partial charge in [-0.25, -0.2) is 14.6 Å². The number of nitrogens with zero attached hydrogens (tertiary/aromatic N) is 5. The summed E-state index contributed by atoms with van der Waals surface area (Å²) in [7, 11) is 0. The monoisotopic (exact) mass is 414 g/mol. The van der Waals surface area contributed by atoms with Crippen LogP contribution in [0.1, 0.15) is 5.56 Å². The topological polar surface area (TPSA) is 94.7 Å². The van der Waals surface area contributed by atoms with Crippen LogP contribution < -0.4 is 10.9 Å². The summed E-state index contributed by atoms with van der Waals surface area (Å²) in [5, 5.41) is 6.34. The fraction of sp³-hybridized carbons (Fsp3) is 0.105. The fourth-order valence-electron chi connectivity index (χ4n) is 2.96. The van der Waals surface area contributed by atoms with Gasteiger partial charge in [0.1, 0.15) is 19.2 Å². The maximum atomic E-state index is 13.2. The first kappa shape index (κ1) is 19.3. The average molecular weight is 414 g/mol. The van der Waals surface area contributed by atoms with Gasteiger partial charge >= 0.3 is 6.18 Å². The number of carbonyl (C=O) groups is 1. The molecule has 0 unspecified atom stereocenters. The van der Waals surface area contributed by atoms with E-state index in [1.807, 2.05) is 0 Å². The van der Waals surface area contributed by atoms with Crippen molar-refractivity contribution >= 4 is 22.6 Å². The molecular formula is C19H13F3N6O2. The number of carbonyl (C=O) groups excluding carboxylic acids is 1. The standard InChI is InChI=1S/C19H13F3N6O2/c20-19(21,22)12-5-6-16(28-11-23-10-25-28)14(7-12)26-17(29)9-27-15-4-2-1-3-13(15)24-8-18(27)30/h1-8,10-11H,9H2,(H,26,29). The van der Waals surface area contributed by atoms with Crippen molar-refractivity contribution in [2.24, 2.45) is 0 Å². The highest BCUT2D eigenvalue weighted by Gasteiger charge is 2.31. The van der Waals surface area contributed by atoms with Crippen molar-refractivity contribution in [1.29, 1.82) is 0 Å². The molecule has 30 heavy (non-hydrogen) atoms. The maximum absolute atomic E-state index is 13.2. The largest absolute Gasteiger partial charge is 0.416 e. The summed E-state index contributed by atoms with van der Waals surface area (Å²) in [6, 6.07) is 9.60. The van der Waals surface area contributed by atoms with Gasteiger partial charge in [-0.15, -0.1) is 0 Å². The van der Waals surface area contributed by atoms with Crippen LogP contribution in [0.5, 0.6) is 0 Å². The third-order valence-corrected chi connectivity index (χ3v) is 4.32. The zero-order valence-corrected chi connectivity index (χ0v) is 15.2. The van der Waals surface area contributed by atoms with E-state index >= 15 is 0 Å². The summed E-state index contributed by atoms with van der Waals surface area (Å²) >= 11 is 0. The molecular weight excluding hydrogens is 401 g/mol. The van der Waals surface area contributed by atoms with Crippen LogP contribution in [0.15, 0.2) is 66.1 Å². The van der Waals surface area contributed by atoms with Gasteiger partial charge in [-0.05, 0) is 30.3 Å². The Hall–Kier alpha value is -4.02. The lowest BCUT2D eigenvalue weighted by Gasteiger charge is -2.15. The molecule has 0 aliphatic heterocycles. The Morgan fingerprint density at radius 2 is 1.93 bits per heavy atom. The molecule has 0 aliphatic carbocycles. The quantitative estimate of drug-likeness (QED) is 0.554. The Morgan fingerprint density at radius 3 is 2.67 bits per heavy atom. The summed E-state index contributed by atoms with van der Waals surface area (Å²) < 4.78 is 41.9. The molecule has 0 saturated heterocycles. The first-order valence-electron chi connectivity index (χ1n) is 8.63. The number of rotatable bonds is 4. The van der Waals surface area contributed by atoms with E-state index in [1.54, 1.807) is 24.3 Å². The predicted octanol–water partition coefficient (Wildman–Crippen LogP) is 2.63. The smallest absolute Gasteiger partial charge is 0.323 e. The van der Waals surface area contributed by atoms with E-state index in [-0.39, 0.29) is 11.4 Å². The molecule has 152 valence electrons. The lowest BCUT2D eigenvalue weighted by atomic mass is 10.1. The molecule has 1 amide bonds. The van der Waals surface area contributed by atoms with Crippen LogP contribution in [0.3, 0.4) is 0 Å². The van der Waals surface area contributed by atoms with Crippen molar-refractivity contribution in [2.75, 3.05) is 5.32 Å². The Kier molecular flexibility index (Phi) is 4.78. The summed E-state index contributed by atoms with van der Waals surface area (Å²) in [4.78, 5) is 32.6. The zero-order valence-electron chi connectivity index (χ0n) is 15.2. The highest BCUT2D eigenvalue weighted by atomic mass is 19.4. The van der Waals surface area contributed by atoms with Crippen molar-refractivity contribution < 1.29 is 18.0 Å². The van der Waals surface area contributed by atoms with E-state index in [2.05, 4.69) is 20.4 Å². The summed E-state index contributed by atoms with van der Waals surface area (Å²) in [6.45, 7) is -0.408. The number of amides is 1. The van der Waals surface area contributed by atoms with Gasteiger partial charge in [0.2, 0.25) is 5.91 Å². The molecule has 0 aliphatic rings. The minimum absolute atomic E-state index is 0.119. The second-order valence-electron chi connectivity index (χ2n) is 6.29. The van der Waals surface area contributed by atoms with Crippen LogP contribution in [0.25, 0.3) is 16.7 Å². The molecule has 2 heterocycles.